The second-order valence-corrected chi connectivity index (χ2v) is 7.74. The lowest BCUT2D eigenvalue weighted by Gasteiger charge is -2.19. The van der Waals surface area contributed by atoms with Crippen molar-refractivity contribution in [1.29, 1.82) is 0 Å². The molecule has 6 nitrogen and oxygen atoms in total. The molecule has 3 rings (SSSR count). The van der Waals surface area contributed by atoms with Crippen molar-refractivity contribution in [2.24, 2.45) is 7.05 Å². The van der Waals surface area contributed by atoms with E-state index in [2.05, 4.69) is 10.3 Å². The van der Waals surface area contributed by atoms with Crippen molar-refractivity contribution in [2.45, 2.75) is 24.5 Å². The van der Waals surface area contributed by atoms with Crippen LogP contribution in [-0.2, 0) is 19.1 Å². The first kappa shape index (κ1) is 28.2. The highest BCUT2D eigenvalue weighted by molar-refractivity contribution is 6.34. The lowest BCUT2D eigenvalue weighted by atomic mass is 10.0. The molecule has 0 saturated heterocycles. The summed E-state index contributed by atoms with van der Waals surface area (Å²) in [4.78, 5) is 12.1. The van der Waals surface area contributed by atoms with Crippen molar-refractivity contribution in [1.82, 2.24) is 20.3 Å². The Morgan fingerprint density at radius 1 is 1.03 bits per heavy atom. The van der Waals surface area contributed by atoms with Gasteiger partial charge in [0.05, 0.1) is 10.6 Å². The molecule has 2 heterocycles. The predicted molar refractivity (Wildman–Crippen MR) is 102 cm³/mol. The van der Waals surface area contributed by atoms with Crippen LogP contribution in [0.3, 0.4) is 0 Å². The number of carbonyl (C=O) groups excluding carboxylic acids is 1. The van der Waals surface area contributed by atoms with Gasteiger partial charge < -0.3 is 9.84 Å². The molecule has 0 aliphatic heterocycles. The first-order chi connectivity index (χ1) is 16.7. The van der Waals surface area contributed by atoms with Gasteiger partial charge >= 0.3 is 24.5 Å². The minimum Gasteiger partial charge on any atom is -0.356 e. The van der Waals surface area contributed by atoms with Gasteiger partial charge in [0, 0.05) is 18.7 Å². The largest absolute Gasteiger partial charge is 0.459 e. The van der Waals surface area contributed by atoms with Gasteiger partial charge in [0.1, 0.15) is 23.5 Å². The fourth-order valence-corrected chi connectivity index (χ4v) is 3.29. The Labute approximate surface area is 203 Å². The summed E-state index contributed by atoms with van der Waals surface area (Å²) in [7, 11) is 0.667. The molecule has 2 aromatic heterocycles. The molecule has 37 heavy (non-hydrogen) atoms. The van der Waals surface area contributed by atoms with E-state index in [1.807, 2.05) is 0 Å². The number of rotatable bonds is 5. The molecule has 1 N–H and O–H groups in total. The number of amides is 1. The van der Waals surface area contributed by atoms with Gasteiger partial charge in [0.15, 0.2) is 11.5 Å². The van der Waals surface area contributed by atoms with Gasteiger partial charge in [-0.25, -0.2) is 0 Å². The summed E-state index contributed by atoms with van der Waals surface area (Å²) in [5, 5.41) is 7.27. The van der Waals surface area contributed by atoms with Gasteiger partial charge in [0.2, 0.25) is 0 Å². The standard InChI is InChI=1S/C19H10ClF11N4O2/c1-35-13(12(18(26,27)28)14(33-35)17(24,25)19(29,30)31)10-5-11(37-34-10)7-2-3-9(20)8(4-7)15(36)32-6-16(21,22)23/h2-5H,6H2,1H3,(H,32,36). The molecule has 0 saturated carbocycles. The number of carbonyl (C=O) groups is 1. The zero-order valence-corrected chi connectivity index (χ0v) is 18.5. The Hall–Kier alpha value is -3.37. The summed E-state index contributed by atoms with van der Waals surface area (Å²) in [5.74, 6) is -7.68. The van der Waals surface area contributed by atoms with E-state index in [0.717, 1.165) is 18.2 Å². The molecule has 202 valence electrons. The van der Waals surface area contributed by atoms with E-state index in [1.165, 1.54) is 0 Å². The number of halogens is 12. The molecule has 0 aliphatic rings. The van der Waals surface area contributed by atoms with Crippen molar-refractivity contribution < 1.29 is 57.6 Å². The lowest BCUT2D eigenvalue weighted by Crippen LogP contribution is -2.36. The van der Waals surface area contributed by atoms with Gasteiger partial charge in [-0.05, 0) is 18.2 Å². The number of nitrogens with one attached hydrogen (secondary N) is 1. The molecule has 0 atom stereocenters. The summed E-state index contributed by atoms with van der Waals surface area (Å²) < 4.78 is 149. The van der Waals surface area contributed by atoms with Crippen LogP contribution in [0.5, 0.6) is 0 Å². The average molecular weight is 571 g/mol. The van der Waals surface area contributed by atoms with Crippen molar-refractivity contribution in [3.8, 4) is 22.7 Å². The molecular formula is C19H10ClF11N4O2. The number of benzene rings is 1. The molecule has 1 aromatic carbocycles. The zero-order valence-electron chi connectivity index (χ0n) is 17.7. The number of aryl methyl sites for hydroxylation is 1. The molecule has 1 amide bonds. The average Bonchev–Trinajstić information content (AvgIpc) is 3.35. The molecule has 3 aromatic rings. The van der Waals surface area contributed by atoms with Gasteiger partial charge in [-0.3, -0.25) is 9.48 Å². The highest BCUT2D eigenvalue weighted by Gasteiger charge is 2.64. The first-order valence-corrected chi connectivity index (χ1v) is 9.83. The molecule has 18 heteroatoms. The summed E-state index contributed by atoms with van der Waals surface area (Å²) in [6, 6.07) is 3.77. The summed E-state index contributed by atoms with van der Waals surface area (Å²) in [6.07, 6.45) is -16.9. The number of aromatic nitrogens is 3. The Morgan fingerprint density at radius 3 is 2.19 bits per heavy atom. The van der Waals surface area contributed by atoms with E-state index in [0.29, 0.717) is 13.1 Å². The summed E-state index contributed by atoms with van der Waals surface area (Å²) in [6.45, 7) is -1.70. The van der Waals surface area contributed by atoms with Crippen molar-refractivity contribution in [3.63, 3.8) is 0 Å². The molecule has 0 bridgehead atoms. The second-order valence-electron chi connectivity index (χ2n) is 7.33. The SMILES string of the molecule is Cn1nc(C(F)(F)C(F)(F)F)c(C(F)(F)F)c1-c1cc(-c2ccc(Cl)c(C(=O)NCC(F)(F)F)c2)on1. The number of hydrogen-bond acceptors (Lipinski definition) is 4. The van der Waals surface area contributed by atoms with Crippen molar-refractivity contribution >= 4 is 17.5 Å². The van der Waals surface area contributed by atoms with Crippen LogP contribution >= 0.6 is 11.6 Å². The van der Waals surface area contributed by atoms with Crippen LogP contribution in [0, 0.1) is 0 Å². The van der Waals surface area contributed by atoms with Gasteiger partial charge in [-0.15, -0.1) is 0 Å². The fraction of sp³-hybridized carbons (Fsp3) is 0.316. The van der Waals surface area contributed by atoms with Crippen LogP contribution in [0.2, 0.25) is 5.02 Å². The Morgan fingerprint density at radius 2 is 1.65 bits per heavy atom. The Balaban J connectivity index is 2.08. The molecule has 0 fully saturated rings. The highest BCUT2D eigenvalue weighted by atomic mass is 35.5. The quantitative estimate of drug-likeness (QED) is 0.362. The third-order valence-corrected chi connectivity index (χ3v) is 5.01. The molecule has 0 aliphatic carbocycles. The maximum Gasteiger partial charge on any atom is 0.459 e. The van der Waals surface area contributed by atoms with E-state index in [1.54, 1.807) is 5.32 Å². The summed E-state index contributed by atoms with van der Waals surface area (Å²) >= 11 is 5.82. The third kappa shape index (κ3) is 5.65. The van der Waals surface area contributed by atoms with Crippen LogP contribution < -0.4 is 5.32 Å². The van der Waals surface area contributed by atoms with E-state index >= 15 is 0 Å². The molecule has 0 radical (unpaired) electrons. The first-order valence-electron chi connectivity index (χ1n) is 9.45. The molecule has 0 unspecified atom stereocenters. The molecule has 0 spiro atoms. The van der Waals surface area contributed by atoms with Crippen LogP contribution in [0.4, 0.5) is 48.3 Å². The maximum atomic E-state index is 13.9. The highest BCUT2D eigenvalue weighted by Crippen LogP contribution is 2.50. The Bertz CT molecular complexity index is 1320. The van der Waals surface area contributed by atoms with Crippen molar-refractivity contribution in [2.75, 3.05) is 6.54 Å². The number of alkyl halides is 11. The minimum absolute atomic E-state index is 0.108. The third-order valence-electron chi connectivity index (χ3n) is 4.68. The maximum absolute atomic E-state index is 13.9. The van der Waals surface area contributed by atoms with E-state index in [-0.39, 0.29) is 15.3 Å². The number of hydrogen-bond donors (Lipinski definition) is 1. The monoisotopic (exact) mass is 570 g/mol. The van der Waals surface area contributed by atoms with Gasteiger partial charge in [-0.2, -0.15) is 53.4 Å². The number of nitrogens with zero attached hydrogens (tertiary/aromatic N) is 3. The van der Waals surface area contributed by atoms with Crippen LogP contribution in [0.1, 0.15) is 21.6 Å². The van der Waals surface area contributed by atoms with Gasteiger partial charge in [0.25, 0.3) is 5.91 Å². The topological polar surface area (TPSA) is 73.0 Å². The van der Waals surface area contributed by atoms with E-state index in [9.17, 15) is 53.1 Å². The second kappa shape index (κ2) is 9.18. The smallest absolute Gasteiger partial charge is 0.356 e. The zero-order chi connectivity index (χ0) is 28.1. The predicted octanol–water partition coefficient (Wildman–Crippen LogP) is 6.36. The van der Waals surface area contributed by atoms with E-state index < -0.39 is 70.9 Å². The lowest BCUT2D eigenvalue weighted by molar-refractivity contribution is -0.292. The van der Waals surface area contributed by atoms with Crippen LogP contribution in [-0.4, -0.2) is 39.7 Å². The normalized spacial score (nSPS) is 13.2. The Kier molecular flexibility index (Phi) is 7.00. The minimum atomic E-state index is -6.40. The fourth-order valence-electron chi connectivity index (χ4n) is 3.09. The van der Waals surface area contributed by atoms with Crippen LogP contribution in [0.15, 0.2) is 28.8 Å². The van der Waals surface area contributed by atoms with E-state index in [4.69, 9.17) is 16.1 Å². The van der Waals surface area contributed by atoms with Crippen molar-refractivity contribution in [3.05, 3.63) is 46.1 Å². The summed E-state index contributed by atoms with van der Waals surface area (Å²) in [5.41, 5.74) is -7.83. The molecular weight excluding hydrogens is 561 g/mol. The van der Waals surface area contributed by atoms with Gasteiger partial charge in [-0.1, -0.05) is 16.8 Å². The van der Waals surface area contributed by atoms with Crippen LogP contribution in [0.25, 0.3) is 22.7 Å².